The molecule has 0 radical (unpaired) electrons. The van der Waals surface area contributed by atoms with Crippen LogP contribution in [0.15, 0.2) is 47.7 Å². The second kappa shape index (κ2) is 7.59. The fourth-order valence-corrected chi connectivity index (χ4v) is 2.09. The molecule has 2 aromatic rings. The number of nitrogens with one attached hydrogen (secondary N) is 1. The Labute approximate surface area is 124 Å². The van der Waals surface area contributed by atoms with Crippen LogP contribution in [0.3, 0.4) is 0 Å². The highest BCUT2D eigenvalue weighted by molar-refractivity contribution is 5.29. The molecule has 5 heteroatoms. The zero-order valence-corrected chi connectivity index (χ0v) is 12.5. The number of rotatable bonds is 7. The van der Waals surface area contributed by atoms with E-state index in [1.165, 1.54) is 12.3 Å². The van der Waals surface area contributed by atoms with E-state index < -0.39 is 0 Å². The summed E-state index contributed by atoms with van der Waals surface area (Å²) in [5, 5.41) is 3.23. The fourth-order valence-electron chi connectivity index (χ4n) is 2.09. The number of hydrogen-bond acceptors (Lipinski definition) is 4. The lowest BCUT2D eigenvalue weighted by atomic mass is 10.1. The number of aromatic nitrogens is 2. The lowest BCUT2D eigenvalue weighted by Crippen LogP contribution is -2.28. The first-order valence-electron chi connectivity index (χ1n) is 7.15. The van der Waals surface area contributed by atoms with E-state index in [1.54, 1.807) is 10.9 Å². The summed E-state index contributed by atoms with van der Waals surface area (Å²) < 4.78 is 7.18. The van der Waals surface area contributed by atoms with Gasteiger partial charge in [0.2, 0.25) is 0 Å². The zero-order chi connectivity index (χ0) is 15.1. The van der Waals surface area contributed by atoms with E-state index in [0.29, 0.717) is 6.54 Å². The molecule has 0 amide bonds. The van der Waals surface area contributed by atoms with Crippen LogP contribution in [-0.2, 0) is 6.54 Å². The number of benzene rings is 1. The summed E-state index contributed by atoms with van der Waals surface area (Å²) in [6.07, 6.45) is 4.06. The molecule has 0 spiro atoms. The van der Waals surface area contributed by atoms with Gasteiger partial charge >= 0.3 is 0 Å². The van der Waals surface area contributed by atoms with Crippen molar-refractivity contribution in [1.82, 2.24) is 14.9 Å². The van der Waals surface area contributed by atoms with Gasteiger partial charge in [-0.25, -0.2) is 4.98 Å². The van der Waals surface area contributed by atoms with Crippen molar-refractivity contribution < 1.29 is 4.74 Å². The highest BCUT2D eigenvalue weighted by Gasteiger charge is 2.11. The molecule has 1 aromatic carbocycles. The minimum atomic E-state index is -0.0480. The summed E-state index contributed by atoms with van der Waals surface area (Å²) in [6, 6.07) is 9.48. The highest BCUT2D eigenvalue weighted by Crippen LogP contribution is 2.18. The molecule has 2 rings (SSSR count). The second-order valence-electron chi connectivity index (χ2n) is 4.83. The molecule has 0 aliphatic heterocycles. The Hall–Kier alpha value is -2.14. The Morgan fingerprint density at radius 2 is 2.05 bits per heavy atom. The van der Waals surface area contributed by atoms with Crippen LogP contribution in [0.5, 0.6) is 5.75 Å². The predicted molar refractivity (Wildman–Crippen MR) is 82.5 cm³/mol. The zero-order valence-electron chi connectivity index (χ0n) is 12.5. The number of likely N-dealkylation sites (N-methyl/N-ethyl adjacent to an activating group) is 1. The van der Waals surface area contributed by atoms with E-state index in [1.807, 2.05) is 31.3 Å². The van der Waals surface area contributed by atoms with Gasteiger partial charge in [0.15, 0.2) is 0 Å². The van der Waals surface area contributed by atoms with E-state index in [2.05, 4.69) is 17.2 Å². The van der Waals surface area contributed by atoms with Gasteiger partial charge in [-0.1, -0.05) is 19.1 Å². The first-order chi connectivity index (χ1) is 10.2. The quantitative estimate of drug-likeness (QED) is 0.846. The van der Waals surface area contributed by atoms with Gasteiger partial charge < -0.3 is 10.1 Å². The summed E-state index contributed by atoms with van der Waals surface area (Å²) in [4.78, 5) is 15.7. The molecular formula is C16H21N3O2. The molecule has 1 unspecified atom stereocenters. The standard InChI is InChI=1S/C16H21N3O2/c1-3-10-21-14-6-4-13(5-7-14)15(17-2)11-19-12-18-9-8-16(19)20/h4-9,12,15,17H,3,10-11H2,1-2H3. The summed E-state index contributed by atoms with van der Waals surface area (Å²) in [7, 11) is 1.88. The first kappa shape index (κ1) is 15.3. The SMILES string of the molecule is CCCOc1ccc(C(Cn2cnccc2=O)NC)cc1. The lowest BCUT2D eigenvalue weighted by Gasteiger charge is -2.18. The van der Waals surface area contributed by atoms with Crippen LogP contribution in [0.2, 0.25) is 0 Å². The summed E-state index contributed by atoms with van der Waals surface area (Å²) >= 11 is 0. The molecule has 1 atom stereocenters. The predicted octanol–water partition coefficient (Wildman–Crippen LogP) is 1.99. The van der Waals surface area contributed by atoms with Crippen molar-refractivity contribution in [2.45, 2.75) is 25.9 Å². The molecule has 0 aliphatic carbocycles. The van der Waals surface area contributed by atoms with Crippen LogP contribution >= 0.6 is 0 Å². The van der Waals surface area contributed by atoms with Gasteiger partial charge in [0, 0.05) is 18.8 Å². The van der Waals surface area contributed by atoms with Crippen LogP contribution in [-0.4, -0.2) is 23.2 Å². The Morgan fingerprint density at radius 1 is 1.29 bits per heavy atom. The van der Waals surface area contributed by atoms with E-state index >= 15 is 0 Å². The first-order valence-corrected chi connectivity index (χ1v) is 7.15. The van der Waals surface area contributed by atoms with Crippen molar-refractivity contribution in [2.75, 3.05) is 13.7 Å². The largest absolute Gasteiger partial charge is 0.494 e. The van der Waals surface area contributed by atoms with Crippen molar-refractivity contribution in [3.8, 4) is 5.75 Å². The van der Waals surface area contributed by atoms with E-state index in [0.717, 1.165) is 24.3 Å². The van der Waals surface area contributed by atoms with Gasteiger partial charge in [0.25, 0.3) is 5.56 Å². The maximum atomic E-state index is 11.7. The van der Waals surface area contributed by atoms with E-state index in [9.17, 15) is 4.79 Å². The summed E-state index contributed by atoms with van der Waals surface area (Å²) in [5.41, 5.74) is 1.06. The topological polar surface area (TPSA) is 56.2 Å². The molecule has 1 aromatic heterocycles. The van der Waals surface area contributed by atoms with Crippen molar-refractivity contribution >= 4 is 0 Å². The minimum absolute atomic E-state index is 0.0480. The molecule has 0 fully saturated rings. The maximum Gasteiger partial charge on any atom is 0.253 e. The third kappa shape index (κ3) is 4.16. The Balaban J connectivity index is 2.10. The average Bonchev–Trinajstić information content (AvgIpc) is 2.53. The van der Waals surface area contributed by atoms with Crippen LogP contribution in [0.1, 0.15) is 24.9 Å². The summed E-state index contributed by atoms with van der Waals surface area (Å²) in [6.45, 7) is 3.34. The molecule has 0 saturated carbocycles. The molecule has 1 heterocycles. The third-order valence-electron chi connectivity index (χ3n) is 3.28. The number of nitrogens with zero attached hydrogens (tertiary/aromatic N) is 2. The molecule has 0 aliphatic rings. The van der Waals surface area contributed by atoms with Gasteiger partial charge in [0.1, 0.15) is 5.75 Å². The van der Waals surface area contributed by atoms with E-state index in [4.69, 9.17) is 4.74 Å². The van der Waals surface area contributed by atoms with Crippen molar-refractivity contribution in [1.29, 1.82) is 0 Å². The number of ether oxygens (including phenoxy) is 1. The molecule has 21 heavy (non-hydrogen) atoms. The van der Waals surface area contributed by atoms with Gasteiger partial charge in [-0.3, -0.25) is 9.36 Å². The highest BCUT2D eigenvalue weighted by atomic mass is 16.5. The van der Waals surface area contributed by atoms with Gasteiger partial charge in [0.05, 0.1) is 19.0 Å². The molecule has 5 nitrogen and oxygen atoms in total. The van der Waals surface area contributed by atoms with Crippen molar-refractivity contribution in [2.24, 2.45) is 0 Å². The van der Waals surface area contributed by atoms with Gasteiger partial charge in [-0.2, -0.15) is 0 Å². The second-order valence-corrected chi connectivity index (χ2v) is 4.83. The molecule has 0 bridgehead atoms. The van der Waals surface area contributed by atoms with Crippen LogP contribution in [0.4, 0.5) is 0 Å². The smallest absolute Gasteiger partial charge is 0.253 e. The molecular weight excluding hydrogens is 266 g/mol. The van der Waals surface area contributed by atoms with Crippen LogP contribution in [0.25, 0.3) is 0 Å². The Morgan fingerprint density at radius 3 is 2.67 bits per heavy atom. The molecule has 1 N–H and O–H groups in total. The summed E-state index contributed by atoms with van der Waals surface area (Å²) in [5.74, 6) is 0.869. The monoisotopic (exact) mass is 287 g/mol. The lowest BCUT2D eigenvalue weighted by molar-refractivity contribution is 0.317. The Kier molecular flexibility index (Phi) is 5.51. The maximum absolute atomic E-state index is 11.7. The third-order valence-corrected chi connectivity index (χ3v) is 3.28. The van der Waals surface area contributed by atoms with Gasteiger partial charge in [-0.05, 0) is 31.2 Å². The van der Waals surface area contributed by atoms with Crippen molar-refractivity contribution in [3.05, 3.63) is 58.8 Å². The number of hydrogen-bond donors (Lipinski definition) is 1. The van der Waals surface area contributed by atoms with Crippen LogP contribution in [0, 0.1) is 0 Å². The minimum Gasteiger partial charge on any atom is -0.494 e. The average molecular weight is 287 g/mol. The van der Waals surface area contributed by atoms with Gasteiger partial charge in [-0.15, -0.1) is 0 Å². The van der Waals surface area contributed by atoms with E-state index in [-0.39, 0.29) is 11.6 Å². The van der Waals surface area contributed by atoms with Crippen molar-refractivity contribution in [3.63, 3.8) is 0 Å². The Bertz CT molecular complexity index is 607. The normalized spacial score (nSPS) is 12.1. The van der Waals surface area contributed by atoms with Crippen LogP contribution < -0.4 is 15.6 Å². The molecule has 112 valence electrons. The fraction of sp³-hybridized carbons (Fsp3) is 0.375. The molecule has 0 saturated heterocycles.